The molecule has 1 N–H and O–H groups in total. The maximum absolute atomic E-state index is 12.5. The molecule has 1 aliphatic rings. The van der Waals surface area contributed by atoms with Crippen LogP contribution >= 0.6 is 11.6 Å². The van der Waals surface area contributed by atoms with Crippen molar-refractivity contribution in [2.24, 2.45) is 0 Å². The monoisotopic (exact) mass is 299 g/mol. The van der Waals surface area contributed by atoms with Crippen LogP contribution in [0.25, 0.3) is 0 Å². The minimum atomic E-state index is -0.231. The summed E-state index contributed by atoms with van der Waals surface area (Å²) in [5.41, 5.74) is 2.72. The first-order valence-corrected chi connectivity index (χ1v) is 7.62. The molecule has 0 heterocycles. The first kappa shape index (κ1) is 14.2. The van der Waals surface area contributed by atoms with Crippen LogP contribution in [-0.2, 0) is 5.54 Å². The predicted octanol–water partition coefficient (Wildman–Crippen LogP) is 4.46. The van der Waals surface area contributed by atoms with Gasteiger partial charge in [0.15, 0.2) is 0 Å². The van der Waals surface area contributed by atoms with Crippen molar-refractivity contribution in [3.63, 3.8) is 0 Å². The molecule has 2 aromatic rings. The molecule has 0 saturated heterocycles. The number of hydrogen-bond acceptors (Lipinski definition) is 1. The van der Waals surface area contributed by atoms with Crippen molar-refractivity contribution < 1.29 is 4.79 Å². The van der Waals surface area contributed by atoms with Crippen LogP contribution in [0.2, 0.25) is 5.02 Å². The lowest BCUT2D eigenvalue weighted by molar-refractivity contribution is 0.0823. The summed E-state index contributed by atoms with van der Waals surface area (Å²) in [5.74, 6) is -0.00616. The Morgan fingerprint density at radius 3 is 2.43 bits per heavy atom. The lowest BCUT2D eigenvalue weighted by Gasteiger charge is -2.43. The van der Waals surface area contributed by atoms with Crippen molar-refractivity contribution in [1.82, 2.24) is 5.32 Å². The highest BCUT2D eigenvalue weighted by atomic mass is 35.5. The third-order valence-electron chi connectivity index (χ3n) is 4.24. The first-order valence-electron chi connectivity index (χ1n) is 7.24. The predicted molar refractivity (Wildman–Crippen MR) is 85.6 cm³/mol. The molecule has 2 nitrogen and oxygen atoms in total. The highest BCUT2D eigenvalue weighted by Crippen LogP contribution is 2.41. The fraction of sp³-hybridized carbons (Fsp3) is 0.278. The Morgan fingerprint density at radius 1 is 1.14 bits per heavy atom. The minimum absolute atomic E-state index is 0.00616. The van der Waals surface area contributed by atoms with Gasteiger partial charge in [-0.15, -0.1) is 0 Å². The van der Waals surface area contributed by atoms with Crippen LogP contribution in [0.1, 0.15) is 40.7 Å². The number of carbonyl (C=O) groups excluding carboxylic acids is 1. The number of halogens is 1. The van der Waals surface area contributed by atoms with Crippen LogP contribution in [0.15, 0.2) is 48.5 Å². The van der Waals surface area contributed by atoms with E-state index in [9.17, 15) is 4.79 Å². The van der Waals surface area contributed by atoms with Crippen LogP contribution in [0.5, 0.6) is 0 Å². The Kier molecular flexibility index (Phi) is 3.73. The average Bonchev–Trinajstić information content (AvgIpc) is 2.44. The largest absolute Gasteiger partial charge is 0.343 e. The smallest absolute Gasteiger partial charge is 0.251 e. The van der Waals surface area contributed by atoms with Crippen molar-refractivity contribution in [3.8, 4) is 0 Å². The summed E-state index contributed by atoms with van der Waals surface area (Å²) in [4.78, 5) is 12.5. The van der Waals surface area contributed by atoms with Gasteiger partial charge >= 0.3 is 0 Å². The van der Waals surface area contributed by atoms with Gasteiger partial charge < -0.3 is 5.32 Å². The number of nitrogens with one attached hydrogen (secondary N) is 1. The average molecular weight is 300 g/mol. The van der Waals surface area contributed by atoms with E-state index in [0.29, 0.717) is 0 Å². The second-order valence-electron chi connectivity index (χ2n) is 5.77. The number of amides is 1. The van der Waals surface area contributed by atoms with Gasteiger partial charge in [0.25, 0.3) is 5.91 Å². The van der Waals surface area contributed by atoms with E-state index in [4.69, 9.17) is 11.6 Å². The topological polar surface area (TPSA) is 29.1 Å². The number of hydrogen-bond donors (Lipinski definition) is 1. The molecule has 3 heteroatoms. The van der Waals surface area contributed by atoms with E-state index in [2.05, 4.69) is 5.32 Å². The van der Waals surface area contributed by atoms with Gasteiger partial charge in [0.05, 0.1) is 5.54 Å². The third-order valence-corrected chi connectivity index (χ3v) is 4.49. The van der Waals surface area contributed by atoms with Crippen molar-refractivity contribution >= 4 is 17.5 Å². The van der Waals surface area contributed by atoms with Crippen molar-refractivity contribution in [2.45, 2.75) is 31.7 Å². The lowest BCUT2D eigenvalue weighted by Crippen LogP contribution is -2.50. The summed E-state index contributed by atoms with van der Waals surface area (Å²) in [7, 11) is 0. The molecule has 0 atom stereocenters. The fourth-order valence-corrected chi connectivity index (χ4v) is 2.99. The maximum atomic E-state index is 12.5. The van der Waals surface area contributed by atoms with Crippen molar-refractivity contribution in [2.75, 3.05) is 0 Å². The molecular weight excluding hydrogens is 282 g/mol. The third kappa shape index (κ3) is 2.81. The summed E-state index contributed by atoms with van der Waals surface area (Å²) in [6.45, 7) is 2.00. The molecular formula is C18H18ClNO. The first-order chi connectivity index (χ1) is 10.1. The van der Waals surface area contributed by atoms with E-state index in [1.54, 1.807) is 0 Å². The van der Waals surface area contributed by atoms with E-state index in [1.165, 1.54) is 0 Å². The zero-order valence-corrected chi connectivity index (χ0v) is 12.8. The van der Waals surface area contributed by atoms with Gasteiger partial charge in [0.1, 0.15) is 0 Å². The number of carbonyl (C=O) groups is 1. The molecule has 1 amide bonds. The summed E-state index contributed by atoms with van der Waals surface area (Å²) in [6, 6.07) is 15.5. The second-order valence-corrected chi connectivity index (χ2v) is 6.20. The van der Waals surface area contributed by atoms with Crippen molar-refractivity contribution in [1.29, 1.82) is 0 Å². The molecule has 21 heavy (non-hydrogen) atoms. The normalized spacial score (nSPS) is 16.1. The Bertz CT molecular complexity index is 659. The molecule has 2 aromatic carbocycles. The Balaban J connectivity index is 1.84. The quantitative estimate of drug-likeness (QED) is 0.891. The Morgan fingerprint density at radius 2 is 1.86 bits per heavy atom. The van der Waals surface area contributed by atoms with Crippen LogP contribution in [0.3, 0.4) is 0 Å². The van der Waals surface area contributed by atoms with Gasteiger partial charge in [-0.2, -0.15) is 0 Å². The zero-order valence-electron chi connectivity index (χ0n) is 12.0. The highest BCUT2D eigenvalue weighted by molar-refractivity contribution is 6.30. The molecule has 1 aliphatic carbocycles. The molecule has 1 saturated carbocycles. The summed E-state index contributed by atoms with van der Waals surface area (Å²) >= 11 is 5.95. The molecule has 108 valence electrons. The van der Waals surface area contributed by atoms with E-state index in [1.807, 2.05) is 55.5 Å². The van der Waals surface area contributed by atoms with Crippen LogP contribution < -0.4 is 5.32 Å². The SMILES string of the molecule is Cc1cccc(C(=O)NC2(c3ccc(Cl)cc3)CCC2)c1. The summed E-state index contributed by atoms with van der Waals surface area (Å²) in [5, 5.41) is 3.95. The maximum Gasteiger partial charge on any atom is 0.251 e. The Hall–Kier alpha value is -1.80. The van der Waals surface area contributed by atoms with Crippen molar-refractivity contribution in [3.05, 3.63) is 70.2 Å². The molecule has 0 aromatic heterocycles. The van der Waals surface area contributed by atoms with E-state index < -0.39 is 0 Å². The van der Waals surface area contributed by atoms with Gasteiger partial charge in [-0.1, -0.05) is 41.4 Å². The highest BCUT2D eigenvalue weighted by Gasteiger charge is 2.40. The fourth-order valence-electron chi connectivity index (χ4n) is 2.86. The standard InChI is InChI=1S/C18H18ClNO/c1-13-4-2-5-14(12-13)17(21)20-18(10-3-11-18)15-6-8-16(19)9-7-15/h2,4-9,12H,3,10-11H2,1H3,(H,20,21). The van der Waals surface area contributed by atoms with Crippen LogP contribution in [0, 0.1) is 6.92 Å². The van der Waals surface area contributed by atoms with Gasteiger partial charge in [-0.25, -0.2) is 0 Å². The molecule has 0 spiro atoms. The molecule has 0 radical (unpaired) electrons. The van der Waals surface area contributed by atoms with E-state index >= 15 is 0 Å². The lowest BCUT2D eigenvalue weighted by atomic mass is 9.71. The second kappa shape index (κ2) is 5.53. The Labute approximate surface area is 130 Å². The van der Waals surface area contributed by atoms with E-state index in [0.717, 1.165) is 41.0 Å². The molecule has 0 aliphatic heterocycles. The number of rotatable bonds is 3. The molecule has 0 unspecified atom stereocenters. The van der Waals surface area contributed by atoms with Gasteiger partial charge in [-0.3, -0.25) is 4.79 Å². The molecule has 1 fully saturated rings. The molecule has 3 rings (SSSR count). The summed E-state index contributed by atoms with van der Waals surface area (Å²) in [6.07, 6.45) is 3.09. The van der Waals surface area contributed by atoms with Gasteiger partial charge in [0, 0.05) is 10.6 Å². The van der Waals surface area contributed by atoms with E-state index in [-0.39, 0.29) is 11.4 Å². The summed E-state index contributed by atoms with van der Waals surface area (Å²) < 4.78 is 0. The van der Waals surface area contributed by atoms with Crippen LogP contribution in [-0.4, -0.2) is 5.91 Å². The van der Waals surface area contributed by atoms with Gasteiger partial charge in [-0.05, 0) is 56.0 Å². The molecule has 0 bridgehead atoms. The zero-order chi connectivity index (χ0) is 14.9. The van der Waals surface area contributed by atoms with Crippen LogP contribution in [0.4, 0.5) is 0 Å². The minimum Gasteiger partial charge on any atom is -0.343 e. The number of benzene rings is 2. The number of aryl methyl sites for hydroxylation is 1. The van der Waals surface area contributed by atoms with Gasteiger partial charge in [0.2, 0.25) is 0 Å².